The van der Waals surface area contributed by atoms with E-state index in [-0.39, 0.29) is 81.6 Å². The maximum atomic E-state index is 15.2. The van der Waals surface area contributed by atoms with Gasteiger partial charge in [0.25, 0.3) is 0 Å². The van der Waals surface area contributed by atoms with E-state index < -0.39 is 77.3 Å². The van der Waals surface area contributed by atoms with Crippen molar-refractivity contribution in [2.24, 2.45) is 0 Å². The van der Waals surface area contributed by atoms with Gasteiger partial charge >= 0.3 is 48.2 Å². The molecule has 0 radical (unpaired) electrons. The molecule has 12 nitrogen and oxygen atoms in total. The number of hydrogen-bond donors (Lipinski definition) is 0. The molecule has 4 rings (SSSR count). The lowest BCUT2D eigenvalue weighted by molar-refractivity contribution is -0.156. The van der Waals surface area contributed by atoms with E-state index in [9.17, 15) is 55.1 Å². The van der Waals surface area contributed by atoms with Gasteiger partial charge < -0.3 is 28.4 Å². The summed E-state index contributed by atoms with van der Waals surface area (Å²) in [7, 11) is 0. The van der Waals surface area contributed by atoms with Gasteiger partial charge in [0.2, 0.25) is 0 Å². The Morgan fingerprint density at radius 3 is 1.58 bits per heavy atom. The van der Waals surface area contributed by atoms with Crippen LogP contribution in [0.1, 0.15) is 65.2 Å². The fourth-order valence-electron chi connectivity index (χ4n) is 6.01. The molecule has 2 unspecified atom stereocenters. The summed E-state index contributed by atoms with van der Waals surface area (Å²) in [4.78, 5) is 71.9. The van der Waals surface area contributed by atoms with Gasteiger partial charge in [0.1, 0.15) is 28.5 Å². The number of benzene rings is 4. The van der Waals surface area contributed by atoms with Crippen LogP contribution in [0.3, 0.4) is 0 Å². The van der Waals surface area contributed by atoms with E-state index in [0.29, 0.717) is 5.56 Å². The molecule has 0 spiro atoms. The monoisotopic (exact) mass is 946 g/mol. The Labute approximate surface area is 379 Å². The number of ether oxygens (including phenoxy) is 6. The van der Waals surface area contributed by atoms with Gasteiger partial charge in [0, 0.05) is 11.6 Å². The molecule has 358 valence electrons. The highest BCUT2D eigenvalue weighted by atomic mass is 19.4. The van der Waals surface area contributed by atoms with Crippen molar-refractivity contribution < 1.29 is 87.9 Å². The minimum atomic E-state index is -4.90. The first-order chi connectivity index (χ1) is 31.5. The van der Waals surface area contributed by atoms with Gasteiger partial charge in [-0.15, -0.1) is 0 Å². The summed E-state index contributed by atoms with van der Waals surface area (Å²) in [5.41, 5.74) is -0.836. The predicted molar refractivity (Wildman–Crippen MR) is 226 cm³/mol. The van der Waals surface area contributed by atoms with Crippen molar-refractivity contribution in [2.45, 2.75) is 89.8 Å². The van der Waals surface area contributed by atoms with Crippen molar-refractivity contribution in [2.75, 3.05) is 13.2 Å². The number of carbonyl (C=O) groups excluding carboxylic acids is 6. The topological polar surface area (TPSA) is 158 Å². The summed E-state index contributed by atoms with van der Waals surface area (Å²) in [5, 5.41) is 1.57. The summed E-state index contributed by atoms with van der Waals surface area (Å²) in [6.07, 6.45) is -12.1. The van der Waals surface area contributed by atoms with Crippen molar-refractivity contribution in [1.82, 2.24) is 0 Å². The van der Waals surface area contributed by atoms with Gasteiger partial charge in [-0.3, -0.25) is 19.2 Å². The van der Waals surface area contributed by atoms with Crippen LogP contribution < -0.4 is 9.47 Å². The molecular weight excluding hydrogens is 902 g/mol. The molecule has 0 saturated heterocycles. The first-order valence-corrected chi connectivity index (χ1v) is 20.6. The Balaban J connectivity index is 1.18. The molecule has 2 atom stereocenters. The van der Waals surface area contributed by atoms with Crippen LogP contribution in [-0.4, -0.2) is 73.6 Å². The van der Waals surface area contributed by atoms with Crippen LogP contribution in [0.2, 0.25) is 0 Å². The van der Waals surface area contributed by atoms with Crippen LogP contribution in [0.15, 0.2) is 103 Å². The highest BCUT2D eigenvalue weighted by Crippen LogP contribution is 2.32. The molecular formula is C48H45F7O12. The molecule has 0 aromatic heterocycles. The van der Waals surface area contributed by atoms with Gasteiger partial charge in [-0.25, -0.2) is 14.0 Å². The zero-order valence-corrected chi connectivity index (χ0v) is 36.2. The molecule has 0 aliphatic carbocycles. The summed E-state index contributed by atoms with van der Waals surface area (Å²) in [6, 6.07) is 21.5. The Bertz CT molecular complexity index is 2460. The summed E-state index contributed by atoms with van der Waals surface area (Å²) in [6.45, 7) is 7.78. The zero-order valence-electron chi connectivity index (χ0n) is 36.2. The number of hydrogen-bond acceptors (Lipinski definition) is 12. The van der Waals surface area contributed by atoms with Crippen LogP contribution in [-0.2, 0) is 47.7 Å². The predicted octanol–water partition coefficient (Wildman–Crippen LogP) is 10.4. The van der Waals surface area contributed by atoms with E-state index in [0.717, 1.165) is 28.0 Å². The first-order valence-electron chi connectivity index (χ1n) is 20.6. The van der Waals surface area contributed by atoms with Crippen LogP contribution >= 0.6 is 0 Å². The molecule has 4 aromatic carbocycles. The average molecular weight is 947 g/mol. The lowest BCUT2D eigenvalue weighted by Gasteiger charge is -2.15. The third-order valence-corrected chi connectivity index (χ3v) is 9.64. The van der Waals surface area contributed by atoms with Crippen molar-refractivity contribution in [3.05, 3.63) is 109 Å². The normalized spacial score (nSPS) is 12.3. The van der Waals surface area contributed by atoms with E-state index in [1.165, 1.54) is 26.0 Å². The van der Waals surface area contributed by atoms with E-state index >= 15 is 4.39 Å². The molecule has 19 heteroatoms. The Morgan fingerprint density at radius 2 is 0.985 bits per heavy atom. The van der Waals surface area contributed by atoms with E-state index in [1.807, 2.05) is 18.2 Å². The van der Waals surface area contributed by atoms with Crippen LogP contribution in [0, 0.1) is 5.82 Å². The molecule has 0 fully saturated rings. The SMILES string of the molecule is C=C(C(=O)OCCCC(C)OC(=O)CCC(=O)Oc1ccc(-c2ccc(-c3ccc4cc(OC(=O)CCC(=O)OCCCC(C)OC(=O)C(=C)C(F)(F)F)ccc4c3)cc2)c(F)c1)C(F)(F)F. The van der Waals surface area contributed by atoms with Gasteiger partial charge in [-0.05, 0) is 97.3 Å². The average Bonchev–Trinajstić information content (AvgIpc) is 3.26. The van der Waals surface area contributed by atoms with Gasteiger partial charge in [0.15, 0.2) is 0 Å². The quantitative estimate of drug-likeness (QED) is 0.0184. The number of carbonyl (C=O) groups is 6. The summed E-state index contributed by atoms with van der Waals surface area (Å²) >= 11 is 0. The molecule has 0 amide bonds. The van der Waals surface area contributed by atoms with Crippen LogP contribution in [0.5, 0.6) is 11.5 Å². The molecule has 0 saturated carbocycles. The van der Waals surface area contributed by atoms with E-state index in [1.54, 1.807) is 42.5 Å². The summed E-state index contributed by atoms with van der Waals surface area (Å²) in [5.74, 6) is -6.64. The Hall–Kier alpha value is -7.05. The largest absolute Gasteiger partial charge is 0.466 e. The molecule has 0 heterocycles. The highest BCUT2D eigenvalue weighted by molar-refractivity contribution is 5.91. The van der Waals surface area contributed by atoms with Crippen molar-refractivity contribution >= 4 is 46.6 Å². The van der Waals surface area contributed by atoms with E-state index in [4.69, 9.17) is 18.9 Å². The Kier molecular flexibility index (Phi) is 18.8. The number of fused-ring (bicyclic) bond motifs is 1. The van der Waals surface area contributed by atoms with Gasteiger partial charge in [-0.1, -0.05) is 55.6 Å². The number of esters is 6. The molecule has 0 N–H and O–H groups in total. The third kappa shape index (κ3) is 17.0. The second kappa shape index (κ2) is 23.9. The maximum absolute atomic E-state index is 15.2. The second-order valence-electron chi connectivity index (χ2n) is 15.0. The maximum Gasteiger partial charge on any atom is 0.422 e. The minimum Gasteiger partial charge on any atom is -0.466 e. The second-order valence-corrected chi connectivity index (χ2v) is 15.0. The summed E-state index contributed by atoms with van der Waals surface area (Å²) < 4.78 is 120. The highest BCUT2D eigenvalue weighted by Gasteiger charge is 2.39. The fraction of sp³-hybridized carbons (Fsp3) is 0.333. The molecule has 0 aliphatic rings. The van der Waals surface area contributed by atoms with Gasteiger partial charge in [-0.2, -0.15) is 26.3 Å². The fourth-order valence-corrected chi connectivity index (χ4v) is 6.01. The van der Waals surface area contributed by atoms with Crippen LogP contribution in [0.4, 0.5) is 30.7 Å². The molecule has 0 aliphatic heterocycles. The lowest BCUT2D eigenvalue weighted by atomic mass is 9.98. The molecule has 67 heavy (non-hydrogen) atoms. The third-order valence-electron chi connectivity index (χ3n) is 9.64. The molecule has 4 aromatic rings. The Morgan fingerprint density at radius 1 is 0.522 bits per heavy atom. The smallest absolute Gasteiger partial charge is 0.422 e. The minimum absolute atomic E-state index is 0.0899. The standard InChI is InChI=1S/C48H45F7O12/c1-28(7-6-24-63-45(60)30(3)47(50,51)52)64-42(57)21-22-44(59)67-38-17-18-39(40(49)27-38)33-11-9-32(10-12-33)34-13-14-36-26-37(16-15-35(36)25-34)66-43(58)20-19-41(56)62-23-5-8-29(2)65-46(61)31(4)48(53,54)55/h9-18,25-29H,3-8,19-24H2,1-2H3. The first kappa shape index (κ1) is 52.6. The number of alkyl halides is 6. The number of rotatable bonds is 22. The zero-order chi connectivity index (χ0) is 49.5. The number of halogens is 7. The van der Waals surface area contributed by atoms with Crippen molar-refractivity contribution in [1.29, 1.82) is 0 Å². The molecule has 0 bridgehead atoms. The van der Waals surface area contributed by atoms with Crippen LogP contribution in [0.25, 0.3) is 33.0 Å². The van der Waals surface area contributed by atoms with E-state index in [2.05, 4.69) is 22.6 Å². The van der Waals surface area contributed by atoms with Crippen molar-refractivity contribution in [3.8, 4) is 33.8 Å². The van der Waals surface area contributed by atoms with Gasteiger partial charge in [0.05, 0.1) is 51.1 Å². The van der Waals surface area contributed by atoms with Crippen molar-refractivity contribution in [3.63, 3.8) is 0 Å². The lowest BCUT2D eigenvalue weighted by Crippen LogP contribution is -2.24.